The van der Waals surface area contributed by atoms with Crippen molar-refractivity contribution in [3.05, 3.63) is 69.7 Å². The Morgan fingerprint density at radius 3 is 2.36 bits per heavy atom. The van der Waals surface area contributed by atoms with Crippen LogP contribution in [0.15, 0.2) is 53.0 Å². The summed E-state index contributed by atoms with van der Waals surface area (Å²) in [7, 11) is 0. The third kappa shape index (κ3) is 4.06. The summed E-state index contributed by atoms with van der Waals surface area (Å²) in [6.45, 7) is 0. The molecule has 2 nitrogen and oxygen atoms in total. The Bertz CT molecular complexity index is 758. The molecule has 0 spiro atoms. The molecule has 2 atom stereocenters. The molecule has 132 valence electrons. The predicted octanol–water partition coefficient (Wildman–Crippen LogP) is 5.53. The van der Waals surface area contributed by atoms with Gasteiger partial charge in [0.25, 0.3) is 5.91 Å². The standard InChI is InChI=1S/C19H17BrF3NO/c20-16-6-2-1-4-15(16)18(25)24-17-7-3-5-14(17)12-8-10-13(11-9-12)19(21,22)23/h1-2,4,6,8-11,14,17H,3,5,7H2,(H,24,25)/t14-,17-/m1/s1. The summed E-state index contributed by atoms with van der Waals surface area (Å²) in [5.41, 5.74) is 0.742. The first-order valence-electron chi connectivity index (χ1n) is 8.09. The molecule has 1 amide bonds. The van der Waals surface area contributed by atoms with Crippen LogP contribution in [0.1, 0.15) is 46.7 Å². The van der Waals surface area contributed by atoms with Gasteiger partial charge in [0.05, 0.1) is 11.1 Å². The molecule has 0 aromatic heterocycles. The van der Waals surface area contributed by atoms with E-state index in [4.69, 9.17) is 0 Å². The van der Waals surface area contributed by atoms with Gasteiger partial charge in [0.2, 0.25) is 0 Å². The molecular weight excluding hydrogens is 395 g/mol. The highest BCUT2D eigenvalue weighted by Gasteiger charge is 2.33. The average Bonchev–Trinajstić information content (AvgIpc) is 3.02. The van der Waals surface area contributed by atoms with E-state index in [9.17, 15) is 18.0 Å². The van der Waals surface area contributed by atoms with E-state index in [1.807, 2.05) is 6.07 Å². The molecule has 0 unspecified atom stereocenters. The normalized spacial score (nSPS) is 20.5. The molecule has 6 heteroatoms. The lowest BCUT2D eigenvalue weighted by Crippen LogP contribution is -2.36. The maximum absolute atomic E-state index is 12.7. The summed E-state index contributed by atoms with van der Waals surface area (Å²) in [5, 5.41) is 3.04. The summed E-state index contributed by atoms with van der Waals surface area (Å²) in [6, 6.07) is 12.4. The minimum absolute atomic E-state index is 0.0359. The van der Waals surface area contributed by atoms with Crippen LogP contribution in [0.3, 0.4) is 0 Å². The lowest BCUT2D eigenvalue weighted by atomic mass is 9.93. The van der Waals surface area contributed by atoms with E-state index in [2.05, 4.69) is 21.2 Å². The molecule has 1 aliphatic rings. The van der Waals surface area contributed by atoms with Gasteiger partial charge in [0.15, 0.2) is 0 Å². The average molecular weight is 412 g/mol. The molecular formula is C19H17BrF3NO. The van der Waals surface area contributed by atoms with Crippen molar-refractivity contribution >= 4 is 21.8 Å². The molecule has 0 radical (unpaired) electrons. The molecule has 1 aliphatic carbocycles. The van der Waals surface area contributed by atoms with Crippen molar-refractivity contribution in [2.75, 3.05) is 0 Å². The van der Waals surface area contributed by atoms with E-state index in [1.165, 1.54) is 12.1 Å². The number of amides is 1. The van der Waals surface area contributed by atoms with E-state index >= 15 is 0 Å². The van der Waals surface area contributed by atoms with E-state index in [1.54, 1.807) is 18.2 Å². The van der Waals surface area contributed by atoms with Crippen LogP contribution in [0.5, 0.6) is 0 Å². The van der Waals surface area contributed by atoms with Gasteiger partial charge in [-0.05, 0) is 58.6 Å². The molecule has 25 heavy (non-hydrogen) atoms. The van der Waals surface area contributed by atoms with Crippen molar-refractivity contribution in [1.29, 1.82) is 0 Å². The Morgan fingerprint density at radius 2 is 1.72 bits per heavy atom. The van der Waals surface area contributed by atoms with Gasteiger partial charge in [-0.3, -0.25) is 4.79 Å². The van der Waals surface area contributed by atoms with Crippen LogP contribution in [0, 0.1) is 0 Å². The second-order valence-electron chi connectivity index (χ2n) is 6.22. The van der Waals surface area contributed by atoms with Crippen LogP contribution >= 0.6 is 15.9 Å². The first-order valence-corrected chi connectivity index (χ1v) is 8.88. The number of hydrogen-bond acceptors (Lipinski definition) is 1. The van der Waals surface area contributed by atoms with Gasteiger partial charge < -0.3 is 5.32 Å². The maximum atomic E-state index is 12.7. The van der Waals surface area contributed by atoms with Crippen molar-refractivity contribution in [2.45, 2.75) is 37.4 Å². The molecule has 0 aliphatic heterocycles. The van der Waals surface area contributed by atoms with E-state index in [-0.39, 0.29) is 17.9 Å². The van der Waals surface area contributed by atoms with Gasteiger partial charge in [0, 0.05) is 16.4 Å². The molecule has 1 saturated carbocycles. The summed E-state index contributed by atoms with van der Waals surface area (Å²) in [6.07, 6.45) is -1.72. The second-order valence-corrected chi connectivity index (χ2v) is 7.07. The van der Waals surface area contributed by atoms with Crippen LogP contribution in [0.2, 0.25) is 0 Å². The minimum Gasteiger partial charge on any atom is -0.349 e. The lowest BCUT2D eigenvalue weighted by Gasteiger charge is -2.22. The van der Waals surface area contributed by atoms with Crippen LogP contribution in [0.4, 0.5) is 13.2 Å². The van der Waals surface area contributed by atoms with Crippen LogP contribution < -0.4 is 5.32 Å². The summed E-state index contributed by atoms with van der Waals surface area (Å²) in [5.74, 6) is -0.134. The quantitative estimate of drug-likeness (QED) is 0.706. The highest BCUT2D eigenvalue weighted by molar-refractivity contribution is 9.10. The largest absolute Gasteiger partial charge is 0.416 e. The Hall–Kier alpha value is -1.82. The number of nitrogens with one attached hydrogen (secondary N) is 1. The van der Waals surface area contributed by atoms with Crippen LogP contribution in [-0.4, -0.2) is 11.9 Å². The molecule has 2 aromatic rings. The van der Waals surface area contributed by atoms with Crippen molar-refractivity contribution in [3.63, 3.8) is 0 Å². The van der Waals surface area contributed by atoms with E-state index in [0.29, 0.717) is 5.56 Å². The number of alkyl halides is 3. The van der Waals surface area contributed by atoms with Crippen molar-refractivity contribution in [2.24, 2.45) is 0 Å². The lowest BCUT2D eigenvalue weighted by molar-refractivity contribution is -0.137. The third-order valence-corrected chi connectivity index (χ3v) is 5.31. The van der Waals surface area contributed by atoms with Crippen molar-refractivity contribution in [3.8, 4) is 0 Å². The number of rotatable bonds is 3. The fourth-order valence-electron chi connectivity index (χ4n) is 3.34. The second kappa shape index (κ2) is 7.20. The number of carbonyl (C=O) groups excluding carboxylic acids is 1. The summed E-state index contributed by atoms with van der Waals surface area (Å²) in [4.78, 5) is 12.5. The number of halogens is 4. The Balaban J connectivity index is 1.75. The van der Waals surface area contributed by atoms with Gasteiger partial charge >= 0.3 is 6.18 Å². The molecule has 1 fully saturated rings. The maximum Gasteiger partial charge on any atom is 0.416 e. The zero-order valence-electron chi connectivity index (χ0n) is 13.3. The number of hydrogen-bond donors (Lipinski definition) is 1. The van der Waals surface area contributed by atoms with Gasteiger partial charge in [0.1, 0.15) is 0 Å². The van der Waals surface area contributed by atoms with Gasteiger partial charge in [-0.1, -0.05) is 30.7 Å². The zero-order valence-corrected chi connectivity index (χ0v) is 14.9. The highest BCUT2D eigenvalue weighted by atomic mass is 79.9. The van der Waals surface area contributed by atoms with Crippen molar-refractivity contribution in [1.82, 2.24) is 5.32 Å². The SMILES string of the molecule is O=C(N[C@@H]1CCC[C@@H]1c1ccc(C(F)(F)F)cc1)c1ccccc1Br. The summed E-state index contributed by atoms with van der Waals surface area (Å²) < 4.78 is 38.8. The predicted molar refractivity (Wildman–Crippen MR) is 93.4 cm³/mol. The molecule has 0 saturated heterocycles. The first-order chi connectivity index (χ1) is 11.9. The zero-order chi connectivity index (χ0) is 18.0. The van der Waals surface area contributed by atoms with E-state index in [0.717, 1.165) is 41.4 Å². The fraction of sp³-hybridized carbons (Fsp3) is 0.316. The van der Waals surface area contributed by atoms with E-state index < -0.39 is 11.7 Å². The third-order valence-electron chi connectivity index (χ3n) is 4.62. The molecule has 1 N–H and O–H groups in total. The minimum atomic E-state index is -4.33. The van der Waals surface area contributed by atoms with Gasteiger partial charge in [-0.2, -0.15) is 13.2 Å². The highest BCUT2D eigenvalue weighted by Crippen LogP contribution is 2.37. The number of benzene rings is 2. The topological polar surface area (TPSA) is 29.1 Å². The van der Waals surface area contributed by atoms with Gasteiger partial charge in [-0.15, -0.1) is 0 Å². The monoisotopic (exact) mass is 411 g/mol. The number of carbonyl (C=O) groups is 1. The first kappa shape index (κ1) is 18.0. The molecule has 2 aromatic carbocycles. The Kier molecular flexibility index (Phi) is 5.18. The molecule has 0 bridgehead atoms. The Labute approximate surface area is 152 Å². The van der Waals surface area contributed by atoms with Crippen LogP contribution in [0.25, 0.3) is 0 Å². The summed E-state index contributed by atoms with van der Waals surface area (Å²) >= 11 is 3.37. The Morgan fingerprint density at radius 1 is 1.04 bits per heavy atom. The molecule has 0 heterocycles. The smallest absolute Gasteiger partial charge is 0.349 e. The fourth-order valence-corrected chi connectivity index (χ4v) is 3.81. The van der Waals surface area contributed by atoms with Gasteiger partial charge in [-0.25, -0.2) is 0 Å². The van der Waals surface area contributed by atoms with Crippen LogP contribution in [-0.2, 0) is 6.18 Å². The molecule has 3 rings (SSSR count). The van der Waals surface area contributed by atoms with Crippen molar-refractivity contribution < 1.29 is 18.0 Å².